The molecular formula is C22H17FN4O3S. The number of rotatable bonds is 6. The molecule has 156 valence electrons. The maximum absolute atomic E-state index is 13.1. The number of ether oxygens (including phenoxy) is 1. The molecule has 0 aliphatic rings. The second-order valence-corrected chi connectivity index (χ2v) is 7.45. The van der Waals surface area contributed by atoms with Crippen LogP contribution in [-0.4, -0.2) is 32.9 Å². The van der Waals surface area contributed by atoms with Crippen LogP contribution < -0.4 is 5.32 Å². The zero-order chi connectivity index (χ0) is 21.8. The first-order valence-corrected chi connectivity index (χ1v) is 10.2. The van der Waals surface area contributed by atoms with Gasteiger partial charge in [0.2, 0.25) is 0 Å². The van der Waals surface area contributed by atoms with Gasteiger partial charge >= 0.3 is 5.97 Å². The van der Waals surface area contributed by atoms with Crippen LogP contribution in [0.4, 0.5) is 9.52 Å². The van der Waals surface area contributed by atoms with Gasteiger partial charge in [-0.2, -0.15) is 0 Å². The predicted octanol–water partition coefficient (Wildman–Crippen LogP) is 4.52. The molecule has 1 unspecified atom stereocenters. The van der Waals surface area contributed by atoms with Crippen molar-refractivity contribution < 1.29 is 18.7 Å². The van der Waals surface area contributed by atoms with Crippen molar-refractivity contribution in [1.29, 1.82) is 0 Å². The largest absolute Gasteiger partial charge is 0.449 e. The van der Waals surface area contributed by atoms with Crippen LogP contribution in [0.15, 0.2) is 66.3 Å². The molecule has 4 aromatic rings. The maximum atomic E-state index is 13.1. The summed E-state index contributed by atoms with van der Waals surface area (Å²) in [6.45, 7) is 1.49. The number of anilines is 1. The van der Waals surface area contributed by atoms with Crippen LogP contribution in [0.1, 0.15) is 17.3 Å². The summed E-state index contributed by atoms with van der Waals surface area (Å²) in [5.74, 6) is -0.754. The number of halogens is 1. The molecule has 2 N–H and O–H groups in total. The number of hydrogen-bond donors (Lipinski definition) is 2. The molecule has 31 heavy (non-hydrogen) atoms. The lowest BCUT2D eigenvalue weighted by molar-refractivity contribution is -0.123. The molecule has 2 aromatic carbocycles. The third kappa shape index (κ3) is 4.84. The first-order valence-electron chi connectivity index (χ1n) is 9.33. The normalized spacial score (nSPS) is 11.7. The standard InChI is InChI=1S/C22H17FN4O3S/c1-13(30-21(29)16-4-2-15(3-5-16)19-24-10-11-25-19)20(28)27-22-26-18(12-31-22)14-6-8-17(23)9-7-14/h2-13H,1H3,(H,24,25)(H,26,27,28). The third-order valence-electron chi connectivity index (χ3n) is 4.42. The summed E-state index contributed by atoms with van der Waals surface area (Å²) in [5.41, 5.74) is 2.49. The summed E-state index contributed by atoms with van der Waals surface area (Å²) in [4.78, 5) is 36.2. The molecule has 9 heteroatoms. The number of carbonyl (C=O) groups excluding carboxylic acids is 2. The molecule has 0 saturated heterocycles. The van der Waals surface area contributed by atoms with E-state index in [1.165, 1.54) is 30.4 Å². The van der Waals surface area contributed by atoms with E-state index >= 15 is 0 Å². The van der Waals surface area contributed by atoms with Gasteiger partial charge in [-0.1, -0.05) is 12.1 Å². The second-order valence-electron chi connectivity index (χ2n) is 6.60. The fourth-order valence-electron chi connectivity index (χ4n) is 2.76. The number of nitrogens with one attached hydrogen (secondary N) is 2. The molecule has 4 rings (SSSR count). The molecule has 2 aromatic heterocycles. The smallest absolute Gasteiger partial charge is 0.338 e. The number of hydrogen-bond acceptors (Lipinski definition) is 6. The first-order chi connectivity index (χ1) is 15.0. The number of esters is 1. The zero-order valence-corrected chi connectivity index (χ0v) is 17.2. The summed E-state index contributed by atoms with van der Waals surface area (Å²) < 4.78 is 18.3. The molecule has 0 fully saturated rings. The van der Waals surface area contributed by atoms with Crippen molar-refractivity contribution in [2.45, 2.75) is 13.0 Å². The number of benzene rings is 2. The Morgan fingerprint density at radius 3 is 2.48 bits per heavy atom. The summed E-state index contributed by atoms with van der Waals surface area (Å²) in [5, 5.41) is 4.74. The van der Waals surface area contributed by atoms with E-state index in [-0.39, 0.29) is 5.82 Å². The van der Waals surface area contributed by atoms with Crippen LogP contribution >= 0.6 is 11.3 Å². The van der Waals surface area contributed by atoms with Gasteiger partial charge in [-0.25, -0.2) is 19.2 Å². The van der Waals surface area contributed by atoms with Gasteiger partial charge in [0.15, 0.2) is 11.2 Å². The molecule has 0 spiro atoms. The van der Waals surface area contributed by atoms with Gasteiger partial charge in [0.25, 0.3) is 5.91 Å². The molecule has 0 aliphatic carbocycles. The SMILES string of the molecule is CC(OC(=O)c1ccc(-c2ncc[nH]2)cc1)C(=O)Nc1nc(-c2ccc(F)cc2)cs1. The molecule has 1 atom stereocenters. The highest BCUT2D eigenvalue weighted by Crippen LogP contribution is 2.25. The minimum Gasteiger partial charge on any atom is -0.449 e. The molecule has 7 nitrogen and oxygen atoms in total. The van der Waals surface area contributed by atoms with Crippen LogP contribution in [0, 0.1) is 5.82 Å². The monoisotopic (exact) mass is 436 g/mol. The second kappa shape index (κ2) is 8.88. The molecule has 0 saturated carbocycles. The summed E-state index contributed by atoms with van der Waals surface area (Å²) in [6.07, 6.45) is 2.33. The number of amides is 1. The van der Waals surface area contributed by atoms with Crippen molar-refractivity contribution in [3.63, 3.8) is 0 Å². The van der Waals surface area contributed by atoms with Gasteiger partial charge in [-0.15, -0.1) is 11.3 Å². The number of thiazole rings is 1. The van der Waals surface area contributed by atoms with Crippen molar-refractivity contribution in [2.24, 2.45) is 0 Å². The fourth-order valence-corrected chi connectivity index (χ4v) is 3.48. The fraction of sp³-hybridized carbons (Fsp3) is 0.0909. The number of aromatic nitrogens is 3. The number of H-pyrrole nitrogens is 1. The molecular weight excluding hydrogens is 419 g/mol. The topological polar surface area (TPSA) is 97.0 Å². The van der Waals surface area contributed by atoms with Crippen LogP contribution in [0.3, 0.4) is 0 Å². The Morgan fingerprint density at radius 2 is 1.81 bits per heavy atom. The Morgan fingerprint density at radius 1 is 1.10 bits per heavy atom. The zero-order valence-electron chi connectivity index (χ0n) is 16.3. The van der Waals surface area contributed by atoms with Crippen LogP contribution in [0.2, 0.25) is 0 Å². The Labute approximate surface area is 181 Å². The van der Waals surface area contributed by atoms with Gasteiger partial charge in [-0.3, -0.25) is 10.1 Å². The Bertz CT molecular complexity index is 1190. The van der Waals surface area contributed by atoms with Crippen molar-refractivity contribution >= 4 is 28.3 Å². The maximum Gasteiger partial charge on any atom is 0.338 e. The Balaban J connectivity index is 1.35. The molecule has 0 aliphatic heterocycles. The van der Waals surface area contributed by atoms with E-state index in [2.05, 4.69) is 20.3 Å². The Kier molecular flexibility index (Phi) is 5.85. The highest BCUT2D eigenvalue weighted by atomic mass is 32.1. The minimum absolute atomic E-state index is 0.322. The molecule has 0 radical (unpaired) electrons. The average Bonchev–Trinajstić information content (AvgIpc) is 3.47. The van der Waals surface area contributed by atoms with Crippen molar-refractivity contribution in [3.05, 3.63) is 77.7 Å². The minimum atomic E-state index is -1.02. The molecule has 1 amide bonds. The van der Waals surface area contributed by atoms with Gasteiger partial charge < -0.3 is 9.72 Å². The summed E-state index contributed by atoms with van der Waals surface area (Å²) >= 11 is 1.22. The van der Waals surface area contributed by atoms with Gasteiger partial charge in [0.05, 0.1) is 11.3 Å². The quantitative estimate of drug-likeness (QED) is 0.433. The van der Waals surface area contributed by atoms with E-state index in [1.807, 2.05) is 0 Å². The highest BCUT2D eigenvalue weighted by Gasteiger charge is 2.20. The van der Waals surface area contributed by atoms with E-state index in [9.17, 15) is 14.0 Å². The first kappa shape index (κ1) is 20.4. The molecule has 2 heterocycles. The number of nitrogens with zero attached hydrogens (tertiary/aromatic N) is 2. The van der Waals surface area contributed by atoms with Crippen LogP contribution in [-0.2, 0) is 9.53 Å². The lowest BCUT2D eigenvalue weighted by Gasteiger charge is -2.12. The van der Waals surface area contributed by atoms with E-state index in [0.29, 0.717) is 22.2 Å². The van der Waals surface area contributed by atoms with E-state index < -0.39 is 18.0 Å². The Hall–Kier alpha value is -3.85. The molecule has 0 bridgehead atoms. The average molecular weight is 436 g/mol. The van der Waals surface area contributed by atoms with Gasteiger partial charge in [-0.05, 0) is 43.3 Å². The van der Waals surface area contributed by atoms with E-state index in [4.69, 9.17) is 4.74 Å². The third-order valence-corrected chi connectivity index (χ3v) is 5.18. The van der Waals surface area contributed by atoms with Crippen molar-refractivity contribution in [1.82, 2.24) is 15.0 Å². The van der Waals surface area contributed by atoms with Gasteiger partial charge in [0, 0.05) is 28.9 Å². The van der Waals surface area contributed by atoms with Crippen molar-refractivity contribution in [2.75, 3.05) is 5.32 Å². The van der Waals surface area contributed by atoms with E-state index in [0.717, 1.165) is 11.1 Å². The highest BCUT2D eigenvalue weighted by molar-refractivity contribution is 7.14. The van der Waals surface area contributed by atoms with E-state index in [1.54, 1.807) is 54.2 Å². The number of aromatic amines is 1. The van der Waals surface area contributed by atoms with Crippen LogP contribution in [0.5, 0.6) is 0 Å². The summed E-state index contributed by atoms with van der Waals surface area (Å²) in [6, 6.07) is 12.6. The lowest BCUT2D eigenvalue weighted by Crippen LogP contribution is -2.29. The van der Waals surface area contributed by atoms with Gasteiger partial charge in [0.1, 0.15) is 11.6 Å². The van der Waals surface area contributed by atoms with Crippen molar-refractivity contribution in [3.8, 4) is 22.6 Å². The lowest BCUT2D eigenvalue weighted by atomic mass is 10.1. The summed E-state index contributed by atoms with van der Waals surface area (Å²) in [7, 11) is 0. The number of carbonyl (C=O) groups is 2. The number of imidazole rings is 1. The predicted molar refractivity (Wildman–Crippen MR) is 115 cm³/mol. The van der Waals surface area contributed by atoms with Crippen LogP contribution in [0.25, 0.3) is 22.6 Å².